The molecule has 0 saturated carbocycles. The van der Waals surface area contributed by atoms with Crippen LogP contribution in [-0.2, 0) is 4.74 Å². The van der Waals surface area contributed by atoms with Crippen LogP contribution in [0.25, 0.3) is 0 Å². The SMILES string of the molecule is COc1ccc(C(O)C2CCOCC2)cc1F. The Balaban J connectivity index is 2.12. The Morgan fingerprint density at radius 3 is 2.71 bits per heavy atom. The Labute approximate surface area is 100 Å². The van der Waals surface area contributed by atoms with Crippen molar-refractivity contribution in [2.24, 2.45) is 5.92 Å². The van der Waals surface area contributed by atoms with E-state index in [2.05, 4.69) is 0 Å². The first-order valence-electron chi connectivity index (χ1n) is 5.81. The Morgan fingerprint density at radius 2 is 2.12 bits per heavy atom. The molecular weight excluding hydrogens is 223 g/mol. The summed E-state index contributed by atoms with van der Waals surface area (Å²) >= 11 is 0. The van der Waals surface area contributed by atoms with E-state index >= 15 is 0 Å². The second-order valence-corrected chi connectivity index (χ2v) is 4.29. The monoisotopic (exact) mass is 240 g/mol. The normalized spacial score (nSPS) is 19.0. The smallest absolute Gasteiger partial charge is 0.165 e. The van der Waals surface area contributed by atoms with E-state index in [1.807, 2.05) is 0 Å². The maximum atomic E-state index is 13.5. The molecule has 94 valence electrons. The summed E-state index contributed by atoms with van der Waals surface area (Å²) in [5, 5.41) is 10.2. The molecule has 1 heterocycles. The van der Waals surface area contributed by atoms with Crippen LogP contribution in [0, 0.1) is 11.7 Å². The molecule has 17 heavy (non-hydrogen) atoms. The van der Waals surface area contributed by atoms with E-state index in [1.165, 1.54) is 13.2 Å². The highest BCUT2D eigenvalue weighted by Gasteiger charge is 2.24. The topological polar surface area (TPSA) is 38.7 Å². The average Bonchev–Trinajstić information content (AvgIpc) is 2.39. The standard InChI is InChI=1S/C13H17FO3/c1-16-12-3-2-10(8-11(12)14)13(15)9-4-6-17-7-5-9/h2-3,8-9,13,15H,4-7H2,1H3. The second kappa shape index (κ2) is 5.47. The van der Waals surface area contributed by atoms with Crippen LogP contribution in [0.4, 0.5) is 4.39 Å². The molecule has 0 aliphatic carbocycles. The van der Waals surface area contributed by atoms with Crippen molar-refractivity contribution in [3.8, 4) is 5.75 Å². The van der Waals surface area contributed by atoms with E-state index in [9.17, 15) is 9.50 Å². The van der Waals surface area contributed by atoms with E-state index < -0.39 is 11.9 Å². The van der Waals surface area contributed by atoms with Crippen LogP contribution in [0.5, 0.6) is 5.75 Å². The zero-order valence-electron chi connectivity index (χ0n) is 9.86. The highest BCUT2D eigenvalue weighted by atomic mass is 19.1. The van der Waals surface area contributed by atoms with Crippen LogP contribution in [0.1, 0.15) is 24.5 Å². The van der Waals surface area contributed by atoms with Crippen molar-refractivity contribution in [1.29, 1.82) is 0 Å². The molecule has 1 N–H and O–H groups in total. The molecule has 1 aromatic rings. The molecule has 0 aromatic heterocycles. The van der Waals surface area contributed by atoms with Gasteiger partial charge in [-0.2, -0.15) is 0 Å². The summed E-state index contributed by atoms with van der Waals surface area (Å²) in [7, 11) is 1.42. The van der Waals surface area contributed by atoms with Crippen molar-refractivity contribution in [1.82, 2.24) is 0 Å². The number of benzene rings is 1. The molecule has 1 saturated heterocycles. The van der Waals surface area contributed by atoms with E-state index in [0.717, 1.165) is 12.8 Å². The molecule has 1 unspecified atom stereocenters. The highest BCUT2D eigenvalue weighted by Crippen LogP contribution is 2.31. The van der Waals surface area contributed by atoms with Crippen molar-refractivity contribution in [3.63, 3.8) is 0 Å². The Bertz CT molecular complexity index is 375. The first-order chi connectivity index (χ1) is 8.22. The van der Waals surface area contributed by atoms with Crippen LogP contribution < -0.4 is 4.74 Å². The van der Waals surface area contributed by atoms with Gasteiger partial charge in [-0.25, -0.2) is 4.39 Å². The quantitative estimate of drug-likeness (QED) is 0.881. The lowest BCUT2D eigenvalue weighted by atomic mass is 9.89. The largest absolute Gasteiger partial charge is 0.494 e. The molecule has 1 atom stereocenters. The number of ether oxygens (including phenoxy) is 2. The highest BCUT2D eigenvalue weighted by molar-refractivity contribution is 5.30. The number of halogens is 1. The van der Waals surface area contributed by atoms with Gasteiger partial charge in [0, 0.05) is 13.2 Å². The van der Waals surface area contributed by atoms with Crippen molar-refractivity contribution in [2.75, 3.05) is 20.3 Å². The summed E-state index contributed by atoms with van der Waals surface area (Å²) < 4.78 is 23.6. The third-order valence-electron chi connectivity index (χ3n) is 3.23. The molecule has 1 aromatic carbocycles. The van der Waals surface area contributed by atoms with Gasteiger partial charge in [-0.3, -0.25) is 0 Å². The molecule has 2 rings (SSSR count). The van der Waals surface area contributed by atoms with Gasteiger partial charge in [0.1, 0.15) is 0 Å². The predicted octanol–water partition coefficient (Wildman–Crippen LogP) is 2.29. The summed E-state index contributed by atoms with van der Waals surface area (Å²) in [5.41, 5.74) is 0.607. The lowest BCUT2D eigenvalue weighted by molar-refractivity contribution is 0.00706. The average molecular weight is 240 g/mol. The van der Waals surface area contributed by atoms with Gasteiger partial charge < -0.3 is 14.6 Å². The number of methoxy groups -OCH3 is 1. The van der Waals surface area contributed by atoms with Gasteiger partial charge in [-0.15, -0.1) is 0 Å². The Kier molecular flexibility index (Phi) is 3.97. The first-order valence-corrected chi connectivity index (χ1v) is 5.81. The summed E-state index contributed by atoms with van der Waals surface area (Å²) in [6.45, 7) is 1.33. The van der Waals surface area contributed by atoms with Gasteiger partial charge in [0.2, 0.25) is 0 Å². The van der Waals surface area contributed by atoms with Gasteiger partial charge in [0.25, 0.3) is 0 Å². The number of hydrogen-bond acceptors (Lipinski definition) is 3. The van der Waals surface area contributed by atoms with E-state index in [-0.39, 0.29) is 11.7 Å². The summed E-state index contributed by atoms with van der Waals surface area (Å²) in [6, 6.07) is 4.61. The molecule has 0 radical (unpaired) electrons. The number of rotatable bonds is 3. The predicted molar refractivity (Wildman–Crippen MR) is 61.5 cm³/mol. The molecule has 4 heteroatoms. The lowest BCUT2D eigenvalue weighted by Gasteiger charge is -2.27. The van der Waals surface area contributed by atoms with Gasteiger partial charge >= 0.3 is 0 Å². The third-order valence-corrected chi connectivity index (χ3v) is 3.23. The fourth-order valence-electron chi connectivity index (χ4n) is 2.17. The van der Waals surface area contributed by atoms with Gasteiger partial charge in [0.15, 0.2) is 11.6 Å². The lowest BCUT2D eigenvalue weighted by Crippen LogP contribution is -2.22. The fourth-order valence-corrected chi connectivity index (χ4v) is 2.17. The molecule has 1 aliphatic heterocycles. The van der Waals surface area contributed by atoms with Crippen molar-refractivity contribution in [3.05, 3.63) is 29.6 Å². The Hall–Kier alpha value is -1.13. The molecule has 1 fully saturated rings. The summed E-state index contributed by atoms with van der Waals surface area (Å²) in [6.07, 6.45) is 1.00. The maximum Gasteiger partial charge on any atom is 0.165 e. The van der Waals surface area contributed by atoms with Crippen LogP contribution in [0.2, 0.25) is 0 Å². The minimum Gasteiger partial charge on any atom is -0.494 e. The zero-order chi connectivity index (χ0) is 12.3. The molecule has 0 spiro atoms. The first kappa shape index (κ1) is 12.3. The van der Waals surface area contributed by atoms with E-state index in [4.69, 9.17) is 9.47 Å². The van der Waals surface area contributed by atoms with Gasteiger partial charge in [-0.1, -0.05) is 6.07 Å². The van der Waals surface area contributed by atoms with Crippen LogP contribution >= 0.6 is 0 Å². The summed E-state index contributed by atoms with van der Waals surface area (Å²) in [4.78, 5) is 0. The zero-order valence-corrected chi connectivity index (χ0v) is 9.86. The summed E-state index contributed by atoms with van der Waals surface area (Å²) in [5.74, 6) is -0.0828. The number of aliphatic hydroxyl groups excluding tert-OH is 1. The minimum atomic E-state index is -0.626. The number of hydrogen-bond donors (Lipinski definition) is 1. The van der Waals surface area contributed by atoms with Crippen molar-refractivity contribution >= 4 is 0 Å². The Morgan fingerprint density at radius 1 is 1.41 bits per heavy atom. The minimum absolute atomic E-state index is 0.150. The fraction of sp³-hybridized carbons (Fsp3) is 0.538. The van der Waals surface area contributed by atoms with Crippen LogP contribution in [-0.4, -0.2) is 25.4 Å². The third kappa shape index (κ3) is 2.76. The van der Waals surface area contributed by atoms with E-state index in [1.54, 1.807) is 12.1 Å². The van der Waals surface area contributed by atoms with Crippen LogP contribution in [0.15, 0.2) is 18.2 Å². The molecular formula is C13H17FO3. The van der Waals surface area contributed by atoms with Gasteiger partial charge in [-0.05, 0) is 36.5 Å². The van der Waals surface area contributed by atoms with Crippen molar-refractivity contribution in [2.45, 2.75) is 18.9 Å². The molecule has 0 amide bonds. The van der Waals surface area contributed by atoms with Crippen LogP contribution in [0.3, 0.4) is 0 Å². The molecule has 0 bridgehead atoms. The number of aliphatic hydroxyl groups is 1. The van der Waals surface area contributed by atoms with Gasteiger partial charge in [0.05, 0.1) is 13.2 Å². The van der Waals surface area contributed by atoms with E-state index in [0.29, 0.717) is 18.8 Å². The van der Waals surface area contributed by atoms with Crippen molar-refractivity contribution < 1.29 is 19.0 Å². The molecule has 1 aliphatic rings. The molecule has 3 nitrogen and oxygen atoms in total. The second-order valence-electron chi connectivity index (χ2n) is 4.29. The maximum absolute atomic E-state index is 13.5.